The van der Waals surface area contributed by atoms with Gasteiger partial charge in [-0.25, -0.2) is 0 Å². The van der Waals surface area contributed by atoms with Crippen LogP contribution >= 0.6 is 0 Å². The summed E-state index contributed by atoms with van der Waals surface area (Å²) >= 11 is 0. The molecule has 0 bridgehead atoms. The molecular weight excluding hydrogens is 308 g/mol. The predicted molar refractivity (Wildman–Crippen MR) is 109 cm³/mol. The summed E-state index contributed by atoms with van der Waals surface area (Å²) in [4.78, 5) is 0. The summed E-state index contributed by atoms with van der Waals surface area (Å²) in [6, 6.07) is 0. The van der Waals surface area contributed by atoms with E-state index in [2.05, 4.69) is 66.7 Å². The van der Waals surface area contributed by atoms with Crippen LogP contribution in [0.1, 0.15) is 93.4 Å². The molecule has 0 aromatic carbocycles. The molecule has 1 aliphatic heterocycles. The van der Waals surface area contributed by atoms with Gasteiger partial charge in [0.15, 0.2) is 5.79 Å². The molecule has 1 heterocycles. The van der Waals surface area contributed by atoms with Gasteiger partial charge >= 0.3 is 0 Å². The molecule has 0 aromatic rings. The van der Waals surface area contributed by atoms with E-state index in [-0.39, 0.29) is 0 Å². The average Bonchev–Trinajstić information content (AvgIpc) is 2.45. The molecule has 144 valence electrons. The number of hydrogen-bond donors (Lipinski definition) is 0. The van der Waals surface area contributed by atoms with Gasteiger partial charge < -0.3 is 9.47 Å². The lowest BCUT2D eigenvalue weighted by Gasteiger charge is -2.40. The van der Waals surface area contributed by atoms with Crippen LogP contribution in [0.25, 0.3) is 0 Å². The van der Waals surface area contributed by atoms with Crippen molar-refractivity contribution in [1.29, 1.82) is 0 Å². The zero-order valence-electron chi connectivity index (χ0n) is 17.7. The summed E-state index contributed by atoms with van der Waals surface area (Å²) in [5, 5.41) is 0. The van der Waals surface area contributed by atoms with Crippen molar-refractivity contribution >= 4 is 0 Å². The minimum atomic E-state index is -0.421. The van der Waals surface area contributed by atoms with Gasteiger partial charge in [-0.2, -0.15) is 0 Å². The van der Waals surface area contributed by atoms with Crippen LogP contribution in [0.3, 0.4) is 0 Å². The Morgan fingerprint density at radius 1 is 0.840 bits per heavy atom. The maximum absolute atomic E-state index is 6.03. The topological polar surface area (TPSA) is 18.5 Å². The highest BCUT2D eigenvalue weighted by Gasteiger charge is 2.34. The molecule has 2 heteroatoms. The van der Waals surface area contributed by atoms with Gasteiger partial charge in [0.2, 0.25) is 0 Å². The fourth-order valence-electron chi connectivity index (χ4n) is 3.48. The lowest BCUT2D eigenvalue weighted by molar-refractivity contribution is -0.304. The third-order valence-corrected chi connectivity index (χ3v) is 4.78. The highest BCUT2D eigenvalue weighted by Crippen LogP contribution is 2.31. The van der Waals surface area contributed by atoms with Crippen LogP contribution < -0.4 is 0 Å². The first-order chi connectivity index (χ1) is 11.7. The van der Waals surface area contributed by atoms with E-state index in [0.29, 0.717) is 12.2 Å². The summed E-state index contributed by atoms with van der Waals surface area (Å²) in [7, 11) is 0. The third-order valence-electron chi connectivity index (χ3n) is 4.78. The van der Waals surface area contributed by atoms with Gasteiger partial charge in [-0.15, -0.1) is 0 Å². The monoisotopic (exact) mass is 348 g/mol. The quantitative estimate of drug-likeness (QED) is 0.413. The normalized spacial score (nSPS) is 28.1. The molecule has 2 nitrogen and oxygen atoms in total. The fraction of sp³-hybridized carbons (Fsp3) is 0.739. The lowest BCUT2D eigenvalue weighted by atomic mass is 10.0. The molecule has 0 aromatic heterocycles. The first-order valence-electron chi connectivity index (χ1n) is 10.0. The number of rotatable bonds is 9. The molecule has 25 heavy (non-hydrogen) atoms. The molecule has 1 saturated heterocycles. The van der Waals surface area contributed by atoms with Gasteiger partial charge in [0.05, 0.1) is 12.2 Å². The Hall–Kier alpha value is -0.860. The van der Waals surface area contributed by atoms with Crippen molar-refractivity contribution in [3.63, 3.8) is 0 Å². The summed E-state index contributed by atoms with van der Waals surface area (Å²) < 4.78 is 12.1. The summed E-state index contributed by atoms with van der Waals surface area (Å²) in [5.74, 6) is -0.421. The molecule has 1 aliphatic rings. The largest absolute Gasteiger partial charge is 0.347 e. The van der Waals surface area contributed by atoms with E-state index in [1.807, 2.05) is 0 Å². The van der Waals surface area contributed by atoms with E-state index in [4.69, 9.17) is 9.47 Å². The van der Waals surface area contributed by atoms with Crippen LogP contribution in [0.5, 0.6) is 0 Å². The maximum Gasteiger partial charge on any atom is 0.166 e. The molecule has 0 N–H and O–H groups in total. The molecule has 0 saturated carbocycles. The average molecular weight is 349 g/mol. The number of allylic oxidation sites excluding steroid dienone is 6. The molecule has 0 radical (unpaired) electrons. The predicted octanol–water partition coefficient (Wildman–Crippen LogP) is 7.12. The zero-order valence-corrected chi connectivity index (χ0v) is 17.7. The Bertz CT molecular complexity index is 470. The molecule has 1 rings (SSSR count). The van der Waals surface area contributed by atoms with Crippen LogP contribution in [-0.4, -0.2) is 18.0 Å². The smallest absolute Gasteiger partial charge is 0.166 e. The number of hydrogen-bond acceptors (Lipinski definition) is 2. The summed E-state index contributed by atoms with van der Waals surface area (Å²) in [6.07, 6.45) is 15.2. The summed E-state index contributed by atoms with van der Waals surface area (Å²) in [6.45, 7) is 15.2. The van der Waals surface area contributed by atoms with Crippen molar-refractivity contribution in [1.82, 2.24) is 0 Å². The van der Waals surface area contributed by atoms with E-state index in [0.717, 1.165) is 38.5 Å². The Balaban J connectivity index is 2.30. The Morgan fingerprint density at radius 2 is 1.32 bits per heavy atom. The minimum absolute atomic E-state index is 0.290. The van der Waals surface area contributed by atoms with Crippen molar-refractivity contribution in [2.24, 2.45) is 0 Å². The van der Waals surface area contributed by atoms with E-state index >= 15 is 0 Å². The second-order valence-corrected chi connectivity index (χ2v) is 8.22. The Morgan fingerprint density at radius 3 is 1.84 bits per heavy atom. The molecule has 0 spiro atoms. The lowest BCUT2D eigenvalue weighted by Crippen LogP contribution is -2.44. The van der Waals surface area contributed by atoms with Crippen LogP contribution in [-0.2, 0) is 9.47 Å². The van der Waals surface area contributed by atoms with Crippen molar-refractivity contribution in [3.8, 4) is 0 Å². The first-order valence-corrected chi connectivity index (χ1v) is 10.0. The van der Waals surface area contributed by atoms with Gasteiger partial charge in [0.1, 0.15) is 0 Å². The molecule has 1 fully saturated rings. The van der Waals surface area contributed by atoms with E-state index < -0.39 is 5.79 Å². The Kier molecular flexibility index (Phi) is 9.74. The van der Waals surface area contributed by atoms with Gasteiger partial charge in [0.25, 0.3) is 0 Å². The van der Waals surface area contributed by atoms with Crippen molar-refractivity contribution in [2.45, 2.75) is 111 Å². The SMILES string of the molecule is CC(C)=CCCC(C)=CCCC(C)=CCCC1(C)OC(C)CC(C)O1. The summed E-state index contributed by atoms with van der Waals surface area (Å²) in [5.41, 5.74) is 4.38. The van der Waals surface area contributed by atoms with Crippen LogP contribution in [0.15, 0.2) is 34.9 Å². The van der Waals surface area contributed by atoms with E-state index in [1.165, 1.54) is 23.1 Å². The van der Waals surface area contributed by atoms with Gasteiger partial charge in [0, 0.05) is 6.42 Å². The number of ether oxygens (including phenoxy) is 2. The minimum Gasteiger partial charge on any atom is -0.347 e. The van der Waals surface area contributed by atoms with Gasteiger partial charge in [-0.1, -0.05) is 34.9 Å². The second kappa shape index (κ2) is 11.0. The van der Waals surface area contributed by atoms with Crippen molar-refractivity contribution in [3.05, 3.63) is 34.9 Å². The molecule has 0 amide bonds. The Labute approximate surface area is 156 Å². The van der Waals surface area contributed by atoms with Crippen LogP contribution in [0.4, 0.5) is 0 Å². The maximum atomic E-state index is 6.03. The molecule has 0 aliphatic carbocycles. The van der Waals surface area contributed by atoms with Gasteiger partial charge in [-0.3, -0.25) is 0 Å². The van der Waals surface area contributed by atoms with Gasteiger partial charge in [-0.05, 0) is 87.0 Å². The highest BCUT2D eigenvalue weighted by atomic mass is 16.7. The molecule has 2 atom stereocenters. The van der Waals surface area contributed by atoms with E-state index in [9.17, 15) is 0 Å². The fourth-order valence-corrected chi connectivity index (χ4v) is 3.48. The van der Waals surface area contributed by atoms with E-state index in [1.54, 1.807) is 0 Å². The second-order valence-electron chi connectivity index (χ2n) is 8.22. The standard InChI is InChI=1S/C23H40O2/c1-18(2)11-8-12-19(3)13-9-14-20(4)15-10-16-23(7)24-21(5)17-22(6)25-23/h11,13,15,21-22H,8-10,12,14,16-17H2,1-7H3. The molecular formula is C23H40O2. The highest BCUT2D eigenvalue weighted by molar-refractivity contribution is 5.05. The zero-order chi connectivity index (χ0) is 18.9. The first kappa shape index (κ1) is 22.2. The third kappa shape index (κ3) is 10.0. The molecule has 2 unspecified atom stereocenters. The van der Waals surface area contributed by atoms with Crippen molar-refractivity contribution < 1.29 is 9.47 Å². The van der Waals surface area contributed by atoms with Crippen LogP contribution in [0, 0.1) is 0 Å². The van der Waals surface area contributed by atoms with Crippen LogP contribution in [0.2, 0.25) is 0 Å². The van der Waals surface area contributed by atoms with Crippen molar-refractivity contribution in [2.75, 3.05) is 0 Å².